The molecule has 1 amide bonds. The van der Waals surface area contributed by atoms with Crippen molar-refractivity contribution in [3.63, 3.8) is 0 Å². The quantitative estimate of drug-likeness (QED) is 0.642. The van der Waals surface area contributed by atoms with E-state index in [-0.39, 0.29) is 17.9 Å². The number of aromatic nitrogens is 3. The lowest BCUT2D eigenvalue weighted by Gasteiger charge is -2.17. The largest absolute Gasteiger partial charge is 0.470 e. The van der Waals surface area contributed by atoms with Crippen LogP contribution in [0, 0.1) is 5.82 Å². The molecule has 0 spiro atoms. The first-order valence-corrected chi connectivity index (χ1v) is 10.3. The van der Waals surface area contributed by atoms with E-state index in [1.807, 2.05) is 37.4 Å². The summed E-state index contributed by atoms with van der Waals surface area (Å²) in [6, 6.07) is 8.02. The van der Waals surface area contributed by atoms with Crippen LogP contribution in [0.1, 0.15) is 19.0 Å². The molecule has 3 heterocycles. The number of ether oxygens (including phenoxy) is 1. The van der Waals surface area contributed by atoms with Gasteiger partial charge >= 0.3 is 0 Å². The lowest BCUT2D eigenvalue weighted by Crippen LogP contribution is -2.32. The van der Waals surface area contributed by atoms with Crippen molar-refractivity contribution in [1.82, 2.24) is 19.9 Å². The normalized spacial score (nSPS) is 16.6. The fourth-order valence-corrected chi connectivity index (χ4v) is 4.26. The molecule has 0 aliphatic carbocycles. The van der Waals surface area contributed by atoms with Gasteiger partial charge in [0.15, 0.2) is 0 Å². The van der Waals surface area contributed by atoms with Crippen LogP contribution in [0.4, 0.5) is 4.39 Å². The zero-order chi connectivity index (χ0) is 19.5. The van der Waals surface area contributed by atoms with Crippen LogP contribution in [-0.4, -0.2) is 50.7 Å². The molecule has 0 saturated carbocycles. The number of aromatic amines is 1. The van der Waals surface area contributed by atoms with Crippen LogP contribution in [0.5, 0.6) is 5.88 Å². The van der Waals surface area contributed by atoms with Crippen LogP contribution in [0.3, 0.4) is 0 Å². The van der Waals surface area contributed by atoms with Gasteiger partial charge < -0.3 is 14.6 Å². The van der Waals surface area contributed by atoms with Crippen LogP contribution in [-0.2, 0) is 11.2 Å². The second-order valence-corrected chi connectivity index (χ2v) is 7.67. The Hall–Kier alpha value is -2.61. The maximum absolute atomic E-state index is 14.3. The van der Waals surface area contributed by atoms with Gasteiger partial charge in [0.1, 0.15) is 12.4 Å². The van der Waals surface area contributed by atoms with Gasteiger partial charge in [-0.15, -0.1) is 11.8 Å². The maximum atomic E-state index is 14.3. The summed E-state index contributed by atoms with van der Waals surface area (Å²) in [6.07, 6.45) is 4.13. The molecular formula is C20H21FN4O2S. The summed E-state index contributed by atoms with van der Waals surface area (Å²) >= 11 is 1.52. The summed E-state index contributed by atoms with van der Waals surface area (Å²) < 4.78 is 20.0. The van der Waals surface area contributed by atoms with Crippen molar-refractivity contribution < 1.29 is 13.9 Å². The van der Waals surface area contributed by atoms with E-state index in [9.17, 15) is 9.18 Å². The zero-order valence-corrected chi connectivity index (χ0v) is 16.3. The number of carbonyl (C=O) groups excluding carboxylic acids is 1. The Labute approximate surface area is 166 Å². The molecule has 1 aliphatic heterocycles. The van der Waals surface area contributed by atoms with Crippen LogP contribution in [0.25, 0.3) is 10.9 Å². The van der Waals surface area contributed by atoms with E-state index >= 15 is 0 Å². The molecule has 1 saturated heterocycles. The first-order valence-electron chi connectivity index (χ1n) is 9.28. The number of nitrogens with zero attached hydrogens (tertiary/aromatic N) is 3. The Morgan fingerprint density at radius 2 is 2.25 bits per heavy atom. The SMILES string of the molecule is CCc1ncnc(O[C@H]2CCN(C(=O)CSc3c[nH]c4ccccc34)C2)c1F. The number of carbonyl (C=O) groups is 1. The second kappa shape index (κ2) is 8.18. The molecule has 0 bridgehead atoms. The Balaban J connectivity index is 1.33. The zero-order valence-electron chi connectivity index (χ0n) is 15.5. The third kappa shape index (κ3) is 3.82. The van der Waals surface area contributed by atoms with Crippen molar-refractivity contribution in [3.8, 4) is 5.88 Å². The Morgan fingerprint density at radius 1 is 1.39 bits per heavy atom. The number of likely N-dealkylation sites (tertiary alicyclic amines) is 1. The third-order valence-corrected chi connectivity index (χ3v) is 5.88. The Morgan fingerprint density at radius 3 is 3.11 bits per heavy atom. The molecule has 8 heteroatoms. The number of thioether (sulfide) groups is 1. The van der Waals surface area contributed by atoms with Crippen LogP contribution < -0.4 is 4.74 Å². The minimum Gasteiger partial charge on any atom is -0.470 e. The minimum atomic E-state index is -0.510. The molecule has 146 valence electrons. The smallest absolute Gasteiger partial charge is 0.254 e. The molecule has 4 rings (SSSR count). The highest BCUT2D eigenvalue weighted by Gasteiger charge is 2.29. The van der Waals surface area contributed by atoms with Gasteiger partial charge in [0.05, 0.1) is 18.0 Å². The number of hydrogen-bond donors (Lipinski definition) is 1. The number of halogens is 1. The van der Waals surface area contributed by atoms with Gasteiger partial charge in [-0.25, -0.2) is 4.98 Å². The van der Waals surface area contributed by atoms with Crippen molar-refractivity contribution in [1.29, 1.82) is 0 Å². The highest BCUT2D eigenvalue weighted by atomic mass is 32.2. The monoisotopic (exact) mass is 400 g/mol. The molecule has 2 aromatic heterocycles. The standard InChI is InChI=1S/C20H21FN4O2S/c1-2-15-19(21)20(24-12-23-15)27-13-7-8-25(10-13)18(26)11-28-17-9-22-16-6-4-3-5-14(16)17/h3-6,9,12-13,22H,2,7-8,10-11H2,1H3/t13-/m0/s1. The number of benzene rings is 1. The highest BCUT2D eigenvalue weighted by molar-refractivity contribution is 8.00. The van der Waals surface area contributed by atoms with Crippen molar-refractivity contribution in [3.05, 3.63) is 48.3 Å². The molecule has 0 unspecified atom stereocenters. The number of H-pyrrole nitrogens is 1. The van der Waals surface area contributed by atoms with Gasteiger partial charge in [0, 0.05) is 35.0 Å². The van der Waals surface area contributed by atoms with Crippen LogP contribution in [0.2, 0.25) is 0 Å². The molecule has 3 aromatic rings. The van der Waals surface area contributed by atoms with E-state index in [1.165, 1.54) is 18.1 Å². The van der Waals surface area contributed by atoms with Gasteiger partial charge in [-0.1, -0.05) is 25.1 Å². The van der Waals surface area contributed by atoms with Crippen molar-refractivity contribution >= 4 is 28.6 Å². The van der Waals surface area contributed by atoms with Crippen LogP contribution >= 0.6 is 11.8 Å². The number of hydrogen-bond acceptors (Lipinski definition) is 5. The summed E-state index contributed by atoms with van der Waals surface area (Å²) in [5, 5.41) is 1.12. The van der Waals surface area contributed by atoms with Gasteiger partial charge in [-0.2, -0.15) is 9.37 Å². The van der Waals surface area contributed by atoms with E-state index in [4.69, 9.17) is 4.74 Å². The molecule has 0 radical (unpaired) electrons. The molecule has 1 N–H and O–H groups in total. The summed E-state index contributed by atoms with van der Waals surface area (Å²) in [6.45, 7) is 2.87. The average molecular weight is 400 g/mol. The maximum Gasteiger partial charge on any atom is 0.254 e. The third-order valence-electron chi connectivity index (χ3n) is 4.84. The predicted octanol–water partition coefficient (Wildman–Crippen LogP) is 3.43. The Kier molecular flexibility index (Phi) is 5.47. The molecule has 1 fully saturated rings. The number of fused-ring (bicyclic) bond motifs is 1. The van der Waals surface area contributed by atoms with Crippen molar-refractivity contribution in [2.24, 2.45) is 0 Å². The summed E-state index contributed by atoms with van der Waals surface area (Å²) in [5.74, 6) is -0.126. The first-order chi connectivity index (χ1) is 13.7. The number of para-hydroxylation sites is 1. The topological polar surface area (TPSA) is 71.1 Å². The fourth-order valence-electron chi connectivity index (χ4n) is 3.32. The van der Waals surface area contributed by atoms with E-state index in [0.717, 1.165) is 15.8 Å². The van der Waals surface area contributed by atoms with E-state index < -0.39 is 5.82 Å². The van der Waals surface area contributed by atoms with Crippen molar-refractivity contribution in [2.75, 3.05) is 18.8 Å². The fraction of sp³-hybridized carbons (Fsp3) is 0.350. The molecule has 28 heavy (non-hydrogen) atoms. The molecule has 1 aromatic carbocycles. The number of rotatable bonds is 6. The lowest BCUT2D eigenvalue weighted by molar-refractivity contribution is -0.127. The summed E-state index contributed by atoms with van der Waals surface area (Å²) in [7, 11) is 0. The molecule has 1 aliphatic rings. The first kappa shape index (κ1) is 18.7. The van der Waals surface area contributed by atoms with Gasteiger partial charge in [-0.05, 0) is 12.5 Å². The predicted molar refractivity (Wildman–Crippen MR) is 106 cm³/mol. The number of nitrogens with one attached hydrogen (secondary N) is 1. The van der Waals surface area contributed by atoms with Gasteiger partial charge in [0.2, 0.25) is 11.7 Å². The Bertz CT molecular complexity index is 993. The highest BCUT2D eigenvalue weighted by Crippen LogP contribution is 2.28. The summed E-state index contributed by atoms with van der Waals surface area (Å²) in [5.41, 5.74) is 1.40. The van der Waals surface area contributed by atoms with E-state index in [0.29, 0.717) is 37.4 Å². The number of amides is 1. The van der Waals surface area contributed by atoms with Crippen LogP contribution in [0.15, 0.2) is 41.7 Å². The average Bonchev–Trinajstić information content (AvgIpc) is 3.35. The number of aryl methyl sites for hydroxylation is 1. The second-order valence-electron chi connectivity index (χ2n) is 6.65. The van der Waals surface area contributed by atoms with Gasteiger partial charge in [0.25, 0.3) is 5.88 Å². The van der Waals surface area contributed by atoms with E-state index in [1.54, 1.807) is 4.90 Å². The molecule has 6 nitrogen and oxygen atoms in total. The minimum absolute atomic E-state index is 0.0284. The lowest BCUT2D eigenvalue weighted by atomic mass is 10.2. The molecular weight excluding hydrogens is 379 g/mol. The van der Waals surface area contributed by atoms with E-state index in [2.05, 4.69) is 15.0 Å². The van der Waals surface area contributed by atoms with Gasteiger partial charge in [-0.3, -0.25) is 4.79 Å². The van der Waals surface area contributed by atoms with Crippen molar-refractivity contribution in [2.45, 2.75) is 30.8 Å². The summed E-state index contributed by atoms with van der Waals surface area (Å²) in [4.78, 5) is 26.4. The molecule has 1 atom stereocenters.